The highest BCUT2D eigenvalue weighted by Crippen LogP contribution is 2.18. The van der Waals surface area contributed by atoms with Gasteiger partial charge in [0, 0.05) is 17.0 Å². The molecule has 132 valence electrons. The SMILES string of the molecule is CC(OC(=O)c1ccccc1S(C)(=O)=O)C(=O)Nc1ccc(Cl)cc1. The van der Waals surface area contributed by atoms with Crippen LogP contribution < -0.4 is 5.32 Å². The van der Waals surface area contributed by atoms with Gasteiger partial charge in [0.05, 0.1) is 10.5 Å². The summed E-state index contributed by atoms with van der Waals surface area (Å²) in [7, 11) is -3.60. The van der Waals surface area contributed by atoms with Gasteiger partial charge in [0.15, 0.2) is 15.9 Å². The van der Waals surface area contributed by atoms with Crippen LogP contribution in [0.15, 0.2) is 53.4 Å². The van der Waals surface area contributed by atoms with Crippen molar-refractivity contribution in [3.8, 4) is 0 Å². The molecule has 1 atom stereocenters. The quantitative estimate of drug-likeness (QED) is 0.804. The van der Waals surface area contributed by atoms with E-state index in [0.29, 0.717) is 10.7 Å². The van der Waals surface area contributed by atoms with Crippen LogP contribution in [-0.4, -0.2) is 32.7 Å². The summed E-state index contributed by atoms with van der Waals surface area (Å²) in [5, 5.41) is 3.10. The first-order valence-corrected chi connectivity index (χ1v) is 9.52. The highest BCUT2D eigenvalue weighted by atomic mass is 35.5. The molecule has 1 amide bonds. The lowest BCUT2D eigenvalue weighted by Gasteiger charge is -2.14. The molecule has 8 heteroatoms. The van der Waals surface area contributed by atoms with Crippen LogP contribution in [0, 0.1) is 0 Å². The standard InChI is InChI=1S/C17H16ClNO5S/c1-11(16(20)19-13-9-7-12(18)8-10-13)24-17(21)14-5-3-4-6-15(14)25(2,22)23/h3-11H,1-2H3,(H,19,20). The van der Waals surface area contributed by atoms with E-state index in [2.05, 4.69) is 5.32 Å². The van der Waals surface area contributed by atoms with Gasteiger partial charge in [0.1, 0.15) is 0 Å². The topological polar surface area (TPSA) is 89.5 Å². The summed E-state index contributed by atoms with van der Waals surface area (Å²) in [6.07, 6.45) is -0.119. The smallest absolute Gasteiger partial charge is 0.340 e. The lowest BCUT2D eigenvalue weighted by atomic mass is 10.2. The molecule has 0 saturated carbocycles. The van der Waals surface area contributed by atoms with Crippen molar-refractivity contribution in [3.05, 3.63) is 59.1 Å². The molecule has 25 heavy (non-hydrogen) atoms. The summed E-state index contributed by atoms with van der Waals surface area (Å²) < 4.78 is 28.6. The number of sulfone groups is 1. The fraction of sp³-hybridized carbons (Fsp3) is 0.176. The molecule has 0 aliphatic carbocycles. The van der Waals surface area contributed by atoms with Gasteiger partial charge in [-0.1, -0.05) is 23.7 Å². The van der Waals surface area contributed by atoms with Crippen molar-refractivity contribution in [2.75, 3.05) is 11.6 Å². The van der Waals surface area contributed by atoms with Crippen LogP contribution in [0.5, 0.6) is 0 Å². The maximum atomic E-state index is 12.2. The monoisotopic (exact) mass is 381 g/mol. The lowest BCUT2D eigenvalue weighted by molar-refractivity contribution is -0.123. The number of nitrogens with one attached hydrogen (secondary N) is 1. The Morgan fingerprint density at radius 3 is 2.28 bits per heavy atom. The Hall–Kier alpha value is -2.38. The highest BCUT2D eigenvalue weighted by molar-refractivity contribution is 7.90. The van der Waals surface area contributed by atoms with Gasteiger partial charge in [-0.05, 0) is 43.3 Å². The fourth-order valence-electron chi connectivity index (χ4n) is 2.01. The lowest BCUT2D eigenvalue weighted by Crippen LogP contribution is -2.30. The number of hydrogen-bond donors (Lipinski definition) is 1. The number of hydrogen-bond acceptors (Lipinski definition) is 5. The molecule has 1 N–H and O–H groups in total. The van der Waals surface area contributed by atoms with Crippen LogP contribution in [0.1, 0.15) is 17.3 Å². The minimum Gasteiger partial charge on any atom is -0.449 e. The first-order valence-electron chi connectivity index (χ1n) is 7.25. The molecule has 0 spiro atoms. The van der Waals surface area contributed by atoms with E-state index in [1.54, 1.807) is 24.3 Å². The predicted octanol–water partition coefficient (Wildman–Crippen LogP) is 2.93. The average Bonchev–Trinajstić information content (AvgIpc) is 2.56. The molecule has 1 unspecified atom stereocenters. The van der Waals surface area contributed by atoms with Crippen LogP contribution in [0.2, 0.25) is 5.02 Å². The number of amides is 1. The van der Waals surface area contributed by atoms with Gasteiger partial charge in [0.2, 0.25) is 0 Å². The molecular weight excluding hydrogens is 366 g/mol. The molecule has 0 saturated heterocycles. The third kappa shape index (κ3) is 5.04. The van der Waals surface area contributed by atoms with Crippen molar-refractivity contribution in [2.45, 2.75) is 17.9 Å². The molecular formula is C17H16ClNO5S. The minimum atomic E-state index is -3.60. The number of halogens is 1. The number of anilines is 1. The first kappa shape index (κ1) is 19.0. The largest absolute Gasteiger partial charge is 0.449 e. The number of esters is 1. The van der Waals surface area contributed by atoms with Crippen LogP contribution in [0.4, 0.5) is 5.69 Å². The van der Waals surface area contributed by atoms with Crippen LogP contribution in [-0.2, 0) is 19.4 Å². The molecule has 0 aromatic heterocycles. The van der Waals surface area contributed by atoms with Gasteiger partial charge < -0.3 is 10.1 Å². The van der Waals surface area contributed by atoms with Crippen LogP contribution in [0.3, 0.4) is 0 Å². The van der Waals surface area contributed by atoms with E-state index in [-0.39, 0.29) is 10.5 Å². The number of benzene rings is 2. The first-order chi connectivity index (χ1) is 11.7. The molecule has 0 heterocycles. The van der Waals surface area contributed by atoms with Gasteiger partial charge in [-0.25, -0.2) is 13.2 Å². The van der Waals surface area contributed by atoms with Crippen molar-refractivity contribution in [1.29, 1.82) is 0 Å². The van der Waals surface area contributed by atoms with Crippen molar-refractivity contribution < 1.29 is 22.7 Å². The van der Waals surface area contributed by atoms with Gasteiger partial charge in [-0.3, -0.25) is 4.79 Å². The zero-order valence-electron chi connectivity index (χ0n) is 13.5. The third-order valence-corrected chi connectivity index (χ3v) is 4.68. The summed E-state index contributed by atoms with van der Waals surface area (Å²) in [6.45, 7) is 1.40. The van der Waals surface area contributed by atoms with E-state index >= 15 is 0 Å². The molecule has 2 aromatic carbocycles. The fourth-order valence-corrected chi connectivity index (χ4v) is 3.02. The van der Waals surface area contributed by atoms with Crippen molar-refractivity contribution in [3.63, 3.8) is 0 Å². The molecule has 0 bridgehead atoms. The Kier molecular flexibility index (Phi) is 5.81. The van der Waals surface area contributed by atoms with Gasteiger partial charge in [-0.15, -0.1) is 0 Å². The van der Waals surface area contributed by atoms with Crippen molar-refractivity contribution >= 4 is 39.0 Å². The summed E-state index contributed by atoms with van der Waals surface area (Å²) in [4.78, 5) is 24.2. The number of carbonyl (C=O) groups excluding carboxylic acids is 2. The number of ether oxygens (including phenoxy) is 1. The molecule has 0 aliphatic heterocycles. The molecule has 0 aliphatic rings. The van der Waals surface area contributed by atoms with Crippen LogP contribution in [0.25, 0.3) is 0 Å². The Bertz CT molecular complexity index is 894. The van der Waals surface area contributed by atoms with E-state index in [1.165, 1.54) is 31.2 Å². The average molecular weight is 382 g/mol. The molecule has 0 fully saturated rings. The summed E-state index contributed by atoms with van der Waals surface area (Å²) in [6, 6.07) is 12.1. The molecule has 2 aromatic rings. The Balaban J connectivity index is 2.10. The highest BCUT2D eigenvalue weighted by Gasteiger charge is 2.23. The zero-order valence-corrected chi connectivity index (χ0v) is 15.1. The van der Waals surface area contributed by atoms with E-state index in [4.69, 9.17) is 16.3 Å². The third-order valence-electron chi connectivity index (χ3n) is 3.27. The summed E-state index contributed by atoms with van der Waals surface area (Å²) >= 11 is 5.77. The number of carbonyl (C=O) groups is 2. The number of rotatable bonds is 5. The Morgan fingerprint density at radius 2 is 1.68 bits per heavy atom. The van der Waals surface area contributed by atoms with Gasteiger partial charge in [0.25, 0.3) is 5.91 Å². The zero-order chi connectivity index (χ0) is 18.6. The maximum absolute atomic E-state index is 12.2. The molecule has 0 radical (unpaired) electrons. The normalized spacial score (nSPS) is 12.3. The summed E-state index contributed by atoms with van der Waals surface area (Å²) in [5.41, 5.74) is 0.380. The summed E-state index contributed by atoms with van der Waals surface area (Å²) in [5.74, 6) is -1.44. The Labute approximate surface area is 150 Å². The Morgan fingerprint density at radius 1 is 1.08 bits per heavy atom. The second-order valence-electron chi connectivity index (χ2n) is 5.31. The van der Waals surface area contributed by atoms with Gasteiger partial charge >= 0.3 is 5.97 Å². The molecule has 6 nitrogen and oxygen atoms in total. The van der Waals surface area contributed by atoms with E-state index in [0.717, 1.165) is 6.26 Å². The minimum absolute atomic E-state index is 0.115. The predicted molar refractivity (Wildman–Crippen MR) is 94.5 cm³/mol. The van der Waals surface area contributed by atoms with E-state index in [1.807, 2.05) is 0 Å². The second-order valence-corrected chi connectivity index (χ2v) is 7.73. The van der Waals surface area contributed by atoms with Crippen LogP contribution >= 0.6 is 11.6 Å². The van der Waals surface area contributed by atoms with Crippen molar-refractivity contribution in [2.24, 2.45) is 0 Å². The van der Waals surface area contributed by atoms with Crippen molar-refractivity contribution in [1.82, 2.24) is 0 Å². The second kappa shape index (κ2) is 7.67. The van der Waals surface area contributed by atoms with E-state index in [9.17, 15) is 18.0 Å². The van der Waals surface area contributed by atoms with E-state index < -0.39 is 27.8 Å². The maximum Gasteiger partial charge on any atom is 0.340 e. The molecule has 2 rings (SSSR count). The van der Waals surface area contributed by atoms with Gasteiger partial charge in [-0.2, -0.15) is 0 Å².